The fourth-order valence-corrected chi connectivity index (χ4v) is 4.08. The topological polar surface area (TPSA) is 103 Å². The summed E-state index contributed by atoms with van der Waals surface area (Å²) in [5.74, 6) is 0.267. The number of anilines is 1. The van der Waals surface area contributed by atoms with Crippen molar-refractivity contribution in [3.63, 3.8) is 0 Å². The largest absolute Gasteiger partial charge is 0.325 e. The Morgan fingerprint density at radius 3 is 2.45 bits per heavy atom. The molecule has 0 aliphatic carbocycles. The highest BCUT2D eigenvalue weighted by atomic mass is 35.5. The summed E-state index contributed by atoms with van der Waals surface area (Å²) in [7, 11) is 0. The van der Waals surface area contributed by atoms with Gasteiger partial charge in [-0.2, -0.15) is 0 Å². The van der Waals surface area contributed by atoms with E-state index in [-0.39, 0.29) is 28.1 Å². The average Bonchev–Trinajstić information content (AvgIpc) is 3.24. The van der Waals surface area contributed by atoms with Crippen LogP contribution in [0.1, 0.15) is 0 Å². The minimum atomic E-state index is -0.604. The number of hydrogen-bond acceptors (Lipinski definition) is 6. The Hall–Kier alpha value is -3.40. The smallest absolute Gasteiger partial charge is 0.289 e. The molecule has 11 heteroatoms. The van der Waals surface area contributed by atoms with Crippen LogP contribution in [-0.2, 0) is 4.79 Å². The summed E-state index contributed by atoms with van der Waals surface area (Å²) < 4.78 is 1.86. The Kier molecular flexibility index (Phi) is 6.93. The molecule has 0 aliphatic heterocycles. The minimum absolute atomic E-state index is 0.00179. The number of para-hydroxylation sites is 1. The van der Waals surface area contributed by atoms with Gasteiger partial charge in [-0.15, -0.1) is 10.2 Å². The van der Waals surface area contributed by atoms with Crippen LogP contribution in [0.15, 0.2) is 78.0 Å². The third kappa shape index (κ3) is 5.33. The number of amides is 1. The maximum Gasteiger partial charge on any atom is 0.289 e. The predicted molar refractivity (Wildman–Crippen MR) is 129 cm³/mol. The Bertz CT molecular complexity index is 1310. The maximum atomic E-state index is 12.5. The van der Waals surface area contributed by atoms with Crippen molar-refractivity contribution in [3.05, 3.63) is 93.0 Å². The molecule has 1 aromatic heterocycles. The van der Waals surface area contributed by atoms with Crippen LogP contribution in [-0.4, -0.2) is 31.3 Å². The fraction of sp³-hybridized carbons (Fsp3) is 0.0455. The number of aromatic nitrogens is 3. The van der Waals surface area contributed by atoms with E-state index in [1.807, 2.05) is 47.0 Å². The number of benzene rings is 3. The molecule has 0 saturated heterocycles. The molecule has 0 bridgehead atoms. The van der Waals surface area contributed by atoms with Crippen LogP contribution in [0.3, 0.4) is 0 Å². The number of nitrogens with zero attached hydrogens (tertiary/aromatic N) is 4. The molecule has 0 unspecified atom stereocenters. The Morgan fingerprint density at radius 1 is 1.03 bits per heavy atom. The first-order valence-corrected chi connectivity index (χ1v) is 11.3. The van der Waals surface area contributed by atoms with E-state index in [1.54, 1.807) is 12.1 Å². The van der Waals surface area contributed by atoms with E-state index in [0.717, 1.165) is 11.3 Å². The van der Waals surface area contributed by atoms with Gasteiger partial charge in [0.05, 0.1) is 10.7 Å². The third-order valence-electron chi connectivity index (χ3n) is 4.51. The van der Waals surface area contributed by atoms with Gasteiger partial charge in [0.2, 0.25) is 5.91 Å². The number of hydrogen-bond donors (Lipinski definition) is 1. The first kappa shape index (κ1) is 22.8. The van der Waals surface area contributed by atoms with Gasteiger partial charge in [-0.05, 0) is 48.5 Å². The van der Waals surface area contributed by atoms with Crippen molar-refractivity contribution < 1.29 is 9.72 Å². The molecule has 1 amide bonds. The molecule has 3 aromatic carbocycles. The summed E-state index contributed by atoms with van der Waals surface area (Å²) in [5.41, 5.74) is 1.66. The predicted octanol–water partition coefficient (Wildman–Crippen LogP) is 5.88. The van der Waals surface area contributed by atoms with Crippen molar-refractivity contribution in [2.24, 2.45) is 0 Å². The second-order valence-electron chi connectivity index (χ2n) is 6.74. The van der Waals surface area contributed by atoms with E-state index in [9.17, 15) is 14.9 Å². The summed E-state index contributed by atoms with van der Waals surface area (Å²) in [6.45, 7) is 0. The van der Waals surface area contributed by atoms with Crippen molar-refractivity contribution in [2.75, 3.05) is 11.1 Å². The lowest BCUT2D eigenvalue weighted by Crippen LogP contribution is -2.14. The van der Waals surface area contributed by atoms with E-state index in [0.29, 0.717) is 16.0 Å². The molecule has 8 nitrogen and oxygen atoms in total. The van der Waals surface area contributed by atoms with Gasteiger partial charge in [0, 0.05) is 28.0 Å². The lowest BCUT2D eigenvalue weighted by molar-refractivity contribution is -0.384. The van der Waals surface area contributed by atoms with Gasteiger partial charge in [-0.25, -0.2) is 0 Å². The second kappa shape index (κ2) is 10.0. The van der Waals surface area contributed by atoms with Crippen LogP contribution >= 0.6 is 35.0 Å². The molecule has 4 aromatic rings. The zero-order valence-electron chi connectivity index (χ0n) is 16.8. The van der Waals surface area contributed by atoms with Crippen LogP contribution in [0.2, 0.25) is 10.0 Å². The normalized spacial score (nSPS) is 10.7. The quantitative estimate of drug-likeness (QED) is 0.193. The summed E-state index contributed by atoms with van der Waals surface area (Å²) in [6, 6.07) is 20.9. The van der Waals surface area contributed by atoms with Crippen LogP contribution < -0.4 is 5.32 Å². The van der Waals surface area contributed by atoms with Crippen molar-refractivity contribution in [1.82, 2.24) is 14.8 Å². The highest BCUT2D eigenvalue weighted by molar-refractivity contribution is 7.99. The summed E-state index contributed by atoms with van der Waals surface area (Å²) in [6.07, 6.45) is 0. The molecule has 0 spiro atoms. The van der Waals surface area contributed by atoms with Crippen LogP contribution in [0, 0.1) is 10.1 Å². The number of carbonyl (C=O) groups excluding carboxylic acids is 1. The van der Waals surface area contributed by atoms with Gasteiger partial charge < -0.3 is 5.32 Å². The highest BCUT2D eigenvalue weighted by Gasteiger charge is 2.18. The van der Waals surface area contributed by atoms with Gasteiger partial charge in [0.15, 0.2) is 11.0 Å². The van der Waals surface area contributed by atoms with Gasteiger partial charge in [-0.3, -0.25) is 19.5 Å². The van der Waals surface area contributed by atoms with E-state index in [2.05, 4.69) is 15.5 Å². The molecular weight excluding hydrogens is 485 g/mol. The standard InChI is InChI=1S/C22H15Cl2N5O3S/c23-15-8-6-14(7-9-15)21-26-27-22(28(21)17-4-2-1-3-5-17)33-13-20(30)25-16-10-11-18(24)19(12-16)29(31)32/h1-12H,13H2,(H,25,30). The number of carbonyl (C=O) groups is 1. The van der Waals surface area contributed by atoms with Crippen LogP contribution in [0.5, 0.6) is 0 Å². The molecule has 1 N–H and O–H groups in total. The van der Waals surface area contributed by atoms with Crippen molar-refractivity contribution in [1.29, 1.82) is 0 Å². The molecule has 33 heavy (non-hydrogen) atoms. The highest BCUT2D eigenvalue weighted by Crippen LogP contribution is 2.30. The molecule has 0 fully saturated rings. The first-order valence-electron chi connectivity index (χ1n) is 9.56. The Labute approximate surface area is 202 Å². The fourth-order valence-electron chi connectivity index (χ4n) is 3.02. The number of nitro benzene ring substituents is 1. The summed E-state index contributed by atoms with van der Waals surface area (Å²) in [5, 5.41) is 23.4. The number of rotatable bonds is 7. The third-order valence-corrected chi connectivity index (χ3v) is 6.01. The zero-order valence-corrected chi connectivity index (χ0v) is 19.1. The minimum Gasteiger partial charge on any atom is -0.325 e. The van der Waals surface area contributed by atoms with E-state index in [1.165, 1.54) is 30.0 Å². The van der Waals surface area contributed by atoms with Gasteiger partial charge in [0.25, 0.3) is 5.69 Å². The number of thioether (sulfide) groups is 1. The van der Waals surface area contributed by atoms with E-state index < -0.39 is 4.92 Å². The van der Waals surface area contributed by atoms with Gasteiger partial charge in [-0.1, -0.05) is 53.2 Å². The van der Waals surface area contributed by atoms with Gasteiger partial charge in [0.1, 0.15) is 5.02 Å². The van der Waals surface area contributed by atoms with E-state index in [4.69, 9.17) is 23.2 Å². The molecule has 1 heterocycles. The molecule has 0 saturated carbocycles. The second-order valence-corrected chi connectivity index (χ2v) is 8.53. The van der Waals surface area contributed by atoms with Crippen molar-refractivity contribution in [2.45, 2.75) is 5.16 Å². The maximum absolute atomic E-state index is 12.5. The molecule has 0 radical (unpaired) electrons. The Balaban J connectivity index is 1.56. The molecule has 166 valence electrons. The lowest BCUT2D eigenvalue weighted by atomic mass is 10.2. The summed E-state index contributed by atoms with van der Waals surface area (Å²) >= 11 is 13.0. The molecule has 0 aliphatic rings. The zero-order chi connectivity index (χ0) is 23.4. The van der Waals surface area contributed by atoms with Crippen LogP contribution in [0.4, 0.5) is 11.4 Å². The number of nitro groups is 1. The molecule has 4 rings (SSSR count). The molecule has 0 atom stereocenters. The van der Waals surface area contributed by atoms with E-state index >= 15 is 0 Å². The first-order chi connectivity index (χ1) is 15.9. The van der Waals surface area contributed by atoms with Crippen molar-refractivity contribution >= 4 is 52.2 Å². The molecular formula is C22H15Cl2N5O3S. The lowest BCUT2D eigenvalue weighted by Gasteiger charge is -2.10. The summed E-state index contributed by atoms with van der Waals surface area (Å²) in [4.78, 5) is 23.0. The monoisotopic (exact) mass is 499 g/mol. The SMILES string of the molecule is O=C(CSc1nnc(-c2ccc(Cl)cc2)n1-c1ccccc1)Nc1ccc(Cl)c([N+](=O)[O-])c1. The number of nitrogens with one attached hydrogen (secondary N) is 1. The van der Waals surface area contributed by atoms with Gasteiger partial charge >= 0.3 is 0 Å². The Morgan fingerprint density at radius 2 is 1.76 bits per heavy atom. The van der Waals surface area contributed by atoms with Crippen LogP contribution in [0.25, 0.3) is 17.1 Å². The number of halogens is 2. The van der Waals surface area contributed by atoms with Crippen molar-refractivity contribution in [3.8, 4) is 17.1 Å². The average molecular weight is 500 g/mol.